The molecule has 0 saturated heterocycles. The number of anilines is 2. The molecular weight excluding hydrogens is 409 g/mol. The first-order valence-corrected chi connectivity index (χ1v) is 9.90. The van der Waals surface area contributed by atoms with Gasteiger partial charge < -0.3 is 15.1 Å². The number of benzene rings is 3. The van der Waals surface area contributed by atoms with Gasteiger partial charge in [0.1, 0.15) is 5.82 Å². The fraction of sp³-hybridized carbons (Fsp3) is 0.0800. The smallest absolute Gasteiger partial charge is 0.278 e. The van der Waals surface area contributed by atoms with Crippen LogP contribution in [0, 0.1) is 19.7 Å². The standard InChI is InChI=1S/C25H20FN3O3/c1-15-10-16(2)12-19(11-15)29-25(31)22-23(32-14-27-22)20-8-3-4-9-21(20)24(30)28-18-7-5-6-17(26)13-18/h3-14H,1-2H3,(H,28,30)(H,29,31). The van der Waals surface area contributed by atoms with Crippen LogP contribution in [0.5, 0.6) is 0 Å². The van der Waals surface area contributed by atoms with Gasteiger partial charge in [0.25, 0.3) is 11.8 Å². The number of nitrogens with zero attached hydrogens (tertiary/aromatic N) is 1. The van der Waals surface area contributed by atoms with Gasteiger partial charge in [0.2, 0.25) is 0 Å². The zero-order chi connectivity index (χ0) is 22.7. The summed E-state index contributed by atoms with van der Waals surface area (Å²) in [4.78, 5) is 29.9. The molecule has 0 fully saturated rings. The molecule has 0 atom stereocenters. The highest BCUT2D eigenvalue weighted by molar-refractivity contribution is 6.11. The van der Waals surface area contributed by atoms with Crippen molar-refractivity contribution < 1.29 is 18.4 Å². The van der Waals surface area contributed by atoms with Gasteiger partial charge in [0.05, 0.1) is 5.56 Å². The van der Waals surface area contributed by atoms with Crippen LogP contribution in [0.3, 0.4) is 0 Å². The maximum absolute atomic E-state index is 13.5. The predicted molar refractivity (Wildman–Crippen MR) is 120 cm³/mol. The minimum absolute atomic E-state index is 0.0511. The number of carbonyl (C=O) groups is 2. The quantitative estimate of drug-likeness (QED) is 0.432. The van der Waals surface area contributed by atoms with E-state index in [1.807, 2.05) is 32.0 Å². The number of amides is 2. The van der Waals surface area contributed by atoms with Gasteiger partial charge >= 0.3 is 0 Å². The molecule has 32 heavy (non-hydrogen) atoms. The summed E-state index contributed by atoms with van der Waals surface area (Å²) in [6.07, 6.45) is 1.16. The lowest BCUT2D eigenvalue weighted by atomic mass is 10.0. The highest BCUT2D eigenvalue weighted by atomic mass is 19.1. The average molecular weight is 429 g/mol. The Morgan fingerprint density at radius 1 is 0.844 bits per heavy atom. The van der Waals surface area contributed by atoms with Crippen LogP contribution in [0.2, 0.25) is 0 Å². The van der Waals surface area contributed by atoms with Crippen LogP contribution in [0.4, 0.5) is 15.8 Å². The number of halogens is 1. The van der Waals surface area contributed by atoms with Crippen LogP contribution in [-0.2, 0) is 0 Å². The Bertz CT molecular complexity index is 1290. The van der Waals surface area contributed by atoms with Crippen molar-refractivity contribution in [2.45, 2.75) is 13.8 Å². The second-order valence-corrected chi connectivity index (χ2v) is 7.37. The van der Waals surface area contributed by atoms with Gasteiger partial charge in [-0.05, 0) is 61.4 Å². The number of carbonyl (C=O) groups excluding carboxylic acids is 2. The lowest BCUT2D eigenvalue weighted by Gasteiger charge is -2.10. The average Bonchev–Trinajstić information content (AvgIpc) is 3.23. The molecule has 2 N–H and O–H groups in total. The molecule has 4 rings (SSSR count). The second-order valence-electron chi connectivity index (χ2n) is 7.37. The number of oxazole rings is 1. The molecule has 2 amide bonds. The summed E-state index contributed by atoms with van der Waals surface area (Å²) in [5, 5.41) is 5.49. The predicted octanol–water partition coefficient (Wildman–Crippen LogP) is 5.60. The van der Waals surface area contributed by atoms with Crippen LogP contribution in [0.15, 0.2) is 77.5 Å². The van der Waals surface area contributed by atoms with Crippen molar-refractivity contribution in [2.24, 2.45) is 0 Å². The Hall–Kier alpha value is -4.26. The molecule has 1 aromatic heterocycles. The van der Waals surface area contributed by atoms with Gasteiger partial charge in [0, 0.05) is 16.9 Å². The van der Waals surface area contributed by atoms with E-state index in [9.17, 15) is 14.0 Å². The van der Waals surface area contributed by atoms with Crippen molar-refractivity contribution in [3.05, 3.63) is 101 Å². The first-order chi connectivity index (χ1) is 15.4. The Balaban J connectivity index is 1.64. The van der Waals surface area contributed by atoms with Crippen LogP contribution >= 0.6 is 0 Å². The molecule has 0 radical (unpaired) electrons. The molecular formula is C25H20FN3O3. The lowest BCUT2D eigenvalue weighted by molar-refractivity contribution is 0.101. The first kappa shape index (κ1) is 21.0. The van der Waals surface area contributed by atoms with Crippen molar-refractivity contribution >= 4 is 23.2 Å². The summed E-state index contributed by atoms with van der Waals surface area (Å²) in [5.41, 5.74) is 3.68. The van der Waals surface area contributed by atoms with E-state index in [1.165, 1.54) is 18.2 Å². The third-order valence-electron chi connectivity index (χ3n) is 4.76. The largest absolute Gasteiger partial charge is 0.443 e. The molecule has 0 unspecified atom stereocenters. The van der Waals surface area contributed by atoms with Crippen LogP contribution in [0.1, 0.15) is 32.0 Å². The van der Waals surface area contributed by atoms with Crippen molar-refractivity contribution in [1.82, 2.24) is 4.98 Å². The van der Waals surface area contributed by atoms with Gasteiger partial charge in [-0.1, -0.05) is 30.3 Å². The zero-order valence-electron chi connectivity index (χ0n) is 17.5. The summed E-state index contributed by atoms with van der Waals surface area (Å²) in [5.74, 6) is -1.23. The normalized spacial score (nSPS) is 10.6. The minimum Gasteiger partial charge on any atom is -0.443 e. The molecule has 0 saturated carbocycles. The highest BCUT2D eigenvalue weighted by Crippen LogP contribution is 2.28. The third-order valence-corrected chi connectivity index (χ3v) is 4.76. The maximum atomic E-state index is 13.5. The van der Waals surface area contributed by atoms with Crippen molar-refractivity contribution in [1.29, 1.82) is 0 Å². The molecule has 0 aliphatic rings. The third kappa shape index (κ3) is 4.57. The topological polar surface area (TPSA) is 84.2 Å². The Labute approximate surface area is 184 Å². The summed E-state index contributed by atoms with van der Waals surface area (Å²) in [6, 6.07) is 18.0. The van der Waals surface area contributed by atoms with E-state index < -0.39 is 17.6 Å². The summed E-state index contributed by atoms with van der Waals surface area (Å²) < 4.78 is 19.0. The number of aryl methyl sites for hydroxylation is 2. The molecule has 160 valence electrons. The summed E-state index contributed by atoms with van der Waals surface area (Å²) in [7, 11) is 0. The zero-order valence-corrected chi connectivity index (χ0v) is 17.5. The molecule has 0 spiro atoms. The Morgan fingerprint density at radius 2 is 1.56 bits per heavy atom. The van der Waals surface area contributed by atoms with E-state index in [0.717, 1.165) is 17.5 Å². The summed E-state index contributed by atoms with van der Waals surface area (Å²) >= 11 is 0. The SMILES string of the molecule is Cc1cc(C)cc(NC(=O)c2ncoc2-c2ccccc2C(=O)Nc2cccc(F)c2)c1. The van der Waals surface area contributed by atoms with Gasteiger partial charge in [-0.3, -0.25) is 9.59 Å². The van der Waals surface area contributed by atoms with E-state index in [1.54, 1.807) is 30.3 Å². The van der Waals surface area contributed by atoms with Crippen molar-refractivity contribution in [3.8, 4) is 11.3 Å². The van der Waals surface area contributed by atoms with Gasteiger partial charge in [-0.15, -0.1) is 0 Å². The number of nitrogens with one attached hydrogen (secondary N) is 2. The molecule has 0 aliphatic carbocycles. The fourth-order valence-corrected chi connectivity index (χ4v) is 3.48. The van der Waals surface area contributed by atoms with Crippen molar-refractivity contribution in [2.75, 3.05) is 10.6 Å². The van der Waals surface area contributed by atoms with Crippen LogP contribution in [0.25, 0.3) is 11.3 Å². The molecule has 1 heterocycles. The Kier molecular flexibility index (Phi) is 5.81. The molecule has 0 aliphatic heterocycles. The number of aromatic nitrogens is 1. The van der Waals surface area contributed by atoms with E-state index in [2.05, 4.69) is 15.6 Å². The number of hydrogen-bond donors (Lipinski definition) is 2. The second kappa shape index (κ2) is 8.85. The summed E-state index contributed by atoms with van der Waals surface area (Å²) in [6.45, 7) is 3.88. The van der Waals surface area contributed by atoms with E-state index in [-0.39, 0.29) is 17.0 Å². The minimum atomic E-state index is -0.469. The molecule has 7 heteroatoms. The molecule has 4 aromatic rings. The van der Waals surface area contributed by atoms with Crippen molar-refractivity contribution in [3.63, 3.8) is 0 Å². The Morgan fingerprint density at radius 3 is 2.31 bits per heavy atom. The van der Waals surface area contributed by atoms with Crippen LogP contribution < -0.4 is 10.6 Å². The van der Waals surface area contributed by atoms with Crippen LogP contribution in [-0.4, -0.2) is 16.8 Å². The maximum Gasteiger partial charge on any atom is 0.278 e. The lowest BCUT2D eigenvalue weighted by Crippen LogP contribution is -2.16. The number of rotatable bonds is 5. The van der Waals surface area contributed by atoms with Gasteiger partial charge in [-0.2, -0.15) is 0 Å². The van der Waals surface area contributed by atoms with Gasteiger partial charge in [0.15, 0.2) is 17.8 Å². The molecule has 3 aromatic carbocycles. The molecule has 0 bridgehead atoms. The highest BCUT2D eigenvalue weighted by Gasteiger charge is 2.23. The van der Waals surface area contributed by atoms with E-state index >= 15 is 0 Å². The number of hydrogen-bond acceptors (Lipinski definition) is 4. The fourth-order valence-electron chi connectivity index (χ4n) is 3.48. The van der Waals surface area contributed by atoms with E-state index in [0.29, 0.717) is 16.9 Å². The molecule has 6 nitrogen and oxygen atoms in total. The first-order valence-electron chi connectivity index (χ1n) is 9.90. The van der Waals surface area contributed by atoms with E-state index in [4.69, 9.17) is 4.42 Å². The van der Waals surface area contributed by atoms with Gasteiger partial charge in [-0.25, -0.2) is 9.37 Å². The monoisotopic (exact) mass is 429 g/mol.